The van der Waals surface area contributed by atoms with Gasteiger partial charge in [0.2, 0.25) is 0 Å². The predicted octanol–water partition coefficient (Wildman–Crippen LogP) is 1.76. The molecule has 0 saturated heterocycles. The summed E-state index contributed by atoms with van der Waals surface area (Å²) in [5.74, 6) is -1.36. The molecule has 1 aromatic carbocycles. The van der Waals surface area contributed by atoms with Crippen LogP contribution in [-0.4, -0.2) is 33.7 Å². The summed E-state index contributed by atoms with van der Waals surface area (Å²) in [6, 6.07) is 0. The van der Waals surface area contributed by atoms with Gasteiger partial charge in [-0.2, -0.15) is 10.6 Å². The number of hydroxylamine groups is 2. The first-order chi connectivity index (χ1) is 12.2. The number of allylic oxidation sites excluding steroid dienone is 3. The van der Waals surface area contributed by atoms with Gasteiger partial charge in [-0.3, -0.25) is 25.0 Å². The second-order valence-electron chi connectivity index (χ2n) is 6.80. The van der Waals surface area contributed by atoms with Crippen LogP contribution in [0.5, 0.6) is 0 Å². The summed E-state index contributed by atoms with van der Waals surface area (Å²) in [6.45, 7) is 1.72. The molecule has 2 aliphatic heterocycles. The van der Waals surface area contributed by atoms with Crippen LogP contribution in [0.3, 0.4) is 0 Å². The quantitative estimate of drug-likeness (QED) is 0.305. The molecule has 0 saturated carbocycles. The van der Waals surface area contributed by atoms with Crippen molar-refractivity contribution >= 4 is 23.1 Å². The molecule has 2 heterocycles. The molecule has 1 aromatic rings. The van der Waals surface area contributed by atoms with Crippen molar-refractivity contribution in [1.82, 2.24) is 5.32 Å². The maximum Gasteiger partial charge on any atom is 0.484 e. The summed E-state index contributed by atoms with van der Waals surface area (Å²) in [5.41, 5.74) is 6.63. The number of nitro groups is 1. The Hall–Kier alpha value is -3.04. The molecule has 2 amide bonds. The van der Waals surface area contributed by atoms with Crippen LogP contribution in [0.25, 0.3) is 5.57 Å². The highest BCUT2D eigenvalue weighted by Gasteiger charge is 2.44. The molecule has 1 atom stereocenters. The Morgan fingerprint density at radius 2 is 1.77 bits per heavy atom. The van der Waals surface area contributed by atoms with Gasteiger partial charge in [-0.25, -0.2) is 0 Å². The lowest BCUT2D eigenvalue weighted by Gasteiger charge is -2.27. The van der Waals surface area contributed by atoms with Crippen LogP contribution in [0.2, 0.25) is 0 Å². The number of nitrogens with zero attached hydrogens (tertiary/aromatic N) is 2. The predicted molar refractivity (Wildman–Crippen MR) is 90.6 cm³/mol. The van der Waals surface area contributed by atoms with Crippen LogP contribution in [-0.2, 0) is 12.8 Å². The summed E-state index contributed by atoms with van der Waals surface area (Å²) < 4.78 is -1.18. The van der Waals surface area contributed by atoms with Crippen LogP contribution in [0.1, 0.15) is 50.8 Å². The number of fused-ring (bicyclic) bond motifs is 6. The fraction of sp³-hybridized carbons (Fsp3) is 0.294. The number of carbonyl (C=O) groups is 2. The van der Waals surface area contributed by atoms with E-state index in [1.165, 1.54) is 19.2 Å². The maximum atomic E-state index is 12.4. The van der Waals surface area contributed by atoms with Gasteiger partial charge in [0.05, 0.1) is 17.2 Å². The molecule has 1 unspecified atom stereocenters. The fourth-order valence-electron chi connectivity index (χ4n) is 3.99. The molecule has 0 bridgehead atoms. The Morgan fingerprint density at radius 1 is 1.12 bits per heavy atom. The molecule has 26 heavy (non-hydrogen) atoms. The Morgan fingerprint density at radius 3 is 2.46 bits per heavy atom. The number of carbonyl (C=O) groups excluding carboxylic acids is 2. The zero-order chi connectivity index (χ0) is 18.8. The normalized spacial score (nSPS) is 27.7. The van der Waals surface area contributed by atoms with Crippen molar-refractivity contribution in [1.29, 1.82) is 0 Å². The van der Waals surface area contributed by atoms with E-state index in [1.54, 1.807) is 6.92 Å². The number of amides is 2. The largest absolute Gasteiger partial charge is 0.484 e. The van der Waals surface area contributed by atoms with Gasteiger partial charge in [0.25, 0.3) is 11.8 Å². The van der Waals surface area contributed by atoms with E-state index in [2.05, 4.69) is 10.7 Å². The first-order valence-electron chi connectivity index (χ1n) is 8.21. The standard InChI is InChI=1S/C17H16N4O5/c1-8-6-7-11(20(24)25)21(2,26)19-15-10-5-3-4-9(10)13-14(12(8)15)17(23)18-16(13)22/h6-7,26H,3-5H2,1-2H3,(H-,18,19,22,23)/p+1/b8-6+,11-7-. The zero-order valence-electron chi connectivity index (χ0n) is 14.3. The van der Waals surface area contributed by atoms with Gasteiger partial charge < -0.3 is 0 Å². The van der Waals surface area contributed by atoms with E-state index in [0.717, 1.165) is 17.5 Å². The first-order valence-corrected chi connectivity index (χ1v) is 8.21. The van der Waals surface area contributed by atoms with E-state index in [9.17, 15) is 24.9 Å². The number of imide groups is 1. The average molecular weight is 357 g/mol. The third-order valence-electron chi connectivity index (χ3n) is 5.09. The second-order valence-corrected chi connectivity index (χ2v) is 6.80. The maximum absolute atomic E-state index is 12.4. The molecule has 3 aliphatic rings. The van der Waals surface area contributed by atoms with Gasteiger partial charge in [-0.1, -0.05) is 0 Å². The van der Waals surface area contributed by atoms with Crippen LogP contribution in [0.15, 0.2) is 18.0 Å². The van der Waals surface area contributed by atoms with Gasteiger partial charge in [-0.05, 0) is 49.0 Å². The van der Waals surface area contributed by atoms with Crippen molar-refractivity contribution in [3.63, 3.8) is 0 Å². The van der Waals surface area contributed by atoms with Crippen molar-refractivity contribution in [3.05, 3.63) is 55.9 Å². The number of anilines is 1. The topological polar surface area (TPSA) is 122 Å². The summed E-state index contributed by atoms with van der Waals surface area (Å²) >= 11 is 0. The Balaban J connectivity index is 2.09. The van der Waals surface area contributed by atoms with Crippen molar-refractivity contribution in [3.8, 4) is 0 Å². The molecule has 4 rings (SSSR count). The second kappa shape index (κ2) is 5.23. The molecule has 0 spiro atoms. The monoisotopic (exact) mass is 357 g/mol. The van der Waals surface area contributed by atoms with Crippen molar-refractivity contribution in [2.45, 2.75) is 26.2 Å². The van der Waals surface area contributed by atoms with Crippen molar-refractivity contribution in [2.24, 2.45) is 0 Å². The number of nitrogens with one attached hydrogen (secondary N) is 2. The summed E-state index contributed by atoms with van der Waals surface area (Å²) in [5, 5.41) is 24.4. The Kier molecular flexibility index (Phi) is 3.30. The first kappa shape index (κ1) is 16.4. The highest BCUT2D eigenvalue weighted by Crippen LogP contribution is 2.44. The molecule has 9 nitrogen and oxygen atoms in total. The van der Waals surface area contributed by atoms with Crippen molar-refractivity contribution < 1.29 is 24.5 Å². The van der Waals surface area contributed by atoms with Gasteiger partial charge in [0.1, 0.15) is 17.7 Å². The van der Waals surface area contributed by atoms with E-state index in [1.807, 2.05) is 0 Å². The fourth-order valence-corrected chi connectivity index (χ4v) is 3.99. The molecule has 9 heteroatoms. The van der Waals surface area contributed by atoms with Gasteiger partial charge in [0, 0.05) is 10.3 Å². The minimum atomic E-state index is -1.18. The number of benzene rings is 1. The number of hydrogen-bond donors (Lipinski definition) is 3. The summed E-state index contributed by atoms with van der Waals surface area (Å²) in [6.07, 6.45) is 4.78. The molecule has 0 radical (unpaired) electrons. The van der Waals surface area contributed by atoms with Gasteiger partial charge >= 0.3 is 5.82 Å². The molecular weight excluding hydrogens is 340 g/mol. The minimum absolute atomic E-state index is 0.268. The van der Waals surface area contributed by atoms with Gasteiger partial charge in [0.15, 0.2) is 0 Å². The molecule has 3 N–H and O–H groups in total. The average Bonchev–Trinajstić information content (AvgIpc) is 3.10. The van der Waals surface area contributed by atoms with E-state index >= 15 is 0 Å². The van der Waals surface area contributed by atoms with E-state index in [-0.39, 0.29) is 5.56 Å². The van der Waals surface area contributed by atoms with Crippen molar-refractivity contribution in [2.75, 3.05) is 12.5 Å². The number of rotatable bonds is 1. The lowest BCUT2D eigenvalue weighted by atomic mass is 9.88. The lowest BCUT2D eigenvalue weighted by molar-refractivity contribution is -1.07. The van der Waals surface area contributed by atoms with Crippen LogP contribution >= 0.6 is 0 Å². The van der Waals surface area contributed by atoms with E-state index in [4.69, 9.17) is 0 Å². The SMILES string of the molecule is C/C1=C\C=C(\[N+](=O)[O-])[N+](C)(O)Nc2c3c(c4c(c21)C(=O)NC4=O)CCC3. The molecule has 0 aromatic heterocycles. The van der Waals surface area contributed by atoms with Crippen LogP contribution in [0.4, 0.5) is 5.69 Å². The molecule has 0 fully saturated rings. The highest BCUT2D eigenvalue weighted by atomic mass is 16.7. The highest BCUT2D eigenvalue weighted by molar-refractivity contribution is 6.25. The number of quaternary nitrogens is 1. The third-order valence-corrected chi connectivity index (χ3v) is 5.09. The number of hydrogen-bond acceptors (Lipinski definition) is 6. The minimum Gasteiger partial charge on any atom is -0.288 e. The van der Waals surface area contributed by atoms with Crippen LogP contribution in [0, 0.1) is 10.1 Å². The summed E-state index contributed by atoms with van der Waals surface area (Å²) in [7, 11) is 1.24. The Bertz CT molecular complexity index is 974. The van der Waals surface area contributed by atoms with E-state index in [0.29, 0.717) is 35.2 Å². The van der Waals surface area contributed by atoms with Gasteiger partial charge in [-0.15, -0.1) is 0 Å². The van der Waals surface area contributed by atoms with E-state index < -0.39 is 27.3 Å². The lowest BCUT2D eigenvalue weighted by Crippen LogP contribution is -2.48. The van der Waals surface area contributed by atoms with Crippen LogP contribution < -0.4 is 10.7 Å². The zero-order valence-corrected chi connectivity index (χ0v) is 14.3. The smallest absolute Gasteiger partial charge is 0.288 e. The molecule has 134 valence electrons. The summed E-state index contributed by atoms with van der Waals surface area (Å²) in [4.78, 5) is 35.5. The Labute approximate surface area is 148 Å². The third kappa shape index (κ3) is 2.11. The molecule has 1 aliphatic carbocycles. The molecular formula is C17H17N4O5+.